The van der Waals surface area contributed by atoms with Crippen molar-refractivity contribution in [2.24, 2.45) is 0 Å². The molecule has 112 valence electrons. The summed E-state index contributed by atoms with van der Waals surface area (Å²) >= 11 is 0. The fraction of sp³-hybridized carbons (Fsp3) is 0.533. The van der Waals surface area contributed by atoms with Crippen LogP contribution in [0.4, 0.5) is 5.69 Å². The molecule has 2 heterocycles. The van der Waals surface area contributed by atoms with Gasteiger partial charge in [0, 0.05) is 12.6 Å². The highest BCUT2D eigenvalue weighted by molar-refractivity contribution is 5.99. The molecule has 2 aliphatic rings. The molecule has 1 saturated carbocycles. The third-order valence-corrected chi connectivity index (χ3v) is 4.08. The monoisotopic (exact) mass is 288 g/mol. The molecule has 2 amide bonds. The number of nitrogens with zero attached hydrogens (tertiary/aromatic N) is 2. The minimum absolute atomic E-state index is 0.0298. The van der Waals surface area contributed by atoms with Crippen LogP contribution >= 0.6 is 0 Å². The zero-order valence-electron chi connectivity index (χ0n) is 12.1. The molecule has 1 saturated heterocycles. The summed E-state index contributed by atoms with van der Waals surface area (Å²) in [4.78, 5) is 30.7. The number of aromatic nitrogens is 1. The van der Waals surface area contributed by atoms with Gasteiger partial charge in [0.1, 0.15) is 6.04 Å². The summed E-state index contributed by atoms with van der Waals surface area (Å²) in [5.41, 5.74) is 7.31. The zero-order valence-corrected chi connectivity index (χ0v) is 12.1. The van der Waals surface area contributed by atoms with E-state index in [4.69, 9.17) is 5.73 Å². The minimum atomic E-state index is -0.362. The van der Waals surface area contributed by atoms with E-state index in [2.05, 4.69) is 10.3 Å². The third kappa shape index (κ3) is 2.84. The number of hydrogen-bond acceptors (Lipinski definition) is 4. The normalized spacial score (nSPS) is 21.4. The number of carbonyl (C=O) groups is 2. The minimum Gasteiger partial charge on any atom is -0.397 e. The second-order valence-corrected chi connectivity index (χ2v) is 5.84. The molecule has 1 aromatic rings. The first-order valence-electron chi connectivity index (χ1n) is 7.39. The first kappa shape index (κ1) is 13.9. The van der Waals surface area contributed by atoms with Crippen molar-refractivity contribution in [1.82, 2.24) is 15.2 Å². The Balaban J connectivity index is 1.78. The molecule has 1 aliphatic carbocycles. The van der Waals surface area contributed by atoms with Crippen LogP contribution in [0.1, 0.15) is 41.7 Å². The first-order valence-corrected chi connectivity index (χ1v) is 7.39. The molecule has 6 nitrogen and oxygen atoms in total. The van der Waals surface area contributed by atoms with Crippen molar-refractivity contribution in [3.8, 4) is 0 Å². The number of nitrogens with one attached hydrogen (secondary N) is 1. The fourth-order valence-corrected chi connectivity index (χ4v) is 2.73. The van der Waals surface area contributed by atoms with Crippen LogP contribution in [0.3, 0.4) is 0 Å². The van der Waals surface area contributed by atoms with E-state index in [0.29, 0.717) is 29.5 Å². The van der Waals surface area contributed by atoms with E-state index in [1.807, 2.05) is 0 Å². The molecule has 0 bridgehead atoms. The van der Waals surface area contributed by atoms with Crippen LogP contribution < -0.4 is 11.1 Å². The average Bonchev–Trinajstić information content (AvgIpc) is 3.13. The number of rotatable bonds is 3. The lowest BCUT2D eigenvalue weighted by Crippen LogP contribution is -2.46. The Labute approximate surface area is 123 Å². The molecular formula is C15H20N4O2. The second-order valence-electron chi connectivity index (χ2n) is 5.84. The van der Waals surface area contributed by atoms with Crippen LogP contribution in [0.5, 0.6) is 0 Å². The van der Waals surface area contributed by atoms with Gasteiger partial charge in [-0.25, -0.2) is 0 Å². The molecule has 0 spiro atoms. The van der Waals surface area contributed by atoms with Gasteiger partial charge in [0.2, 0.25) is 5.91 Å². The summed E-state index contributed by atoms with van der Waals surface area (Å²) in [5.74, 6) is -0.182. The summed E-state index contributed by atoms with van der Waals surface area (Å²) < 4.78 is 0. The van der Waals surface area contributed by atoms with Crippen molar-refractivity contribution in [2.45, 2.75) is 44.7 Å². The van der Waals surface area contributed by atoms with Crippen LogP contribution in [0.2, 0.25) is 0 Å². The van der Waals surface area contributed by atoms with Gasteiger partial charge < -0.3 is 16.0 Å². The van der Waals surface area contributed by atoms with Crippen LogP contribution in [0.25, 0.3) is 0 Å². The lowest BCUT2D eigenvalue weighted by molar-refractivity contribution is -0.125. The zero-order chi connectivity index (χ0) is 15.0. The Morgan fingerprint density at radius 2 is 2.14 bits per heavy atom. The Morgan fingerprint density at radius 3 is 2.86 bits per heavy atom. The van der Waals surface area contributed by atoms with Gasteiger partial charge in [-0.1, -0.05) is 0 Å². The molecule has 0 radical (unpaired) electrons. The van der Waals surface area contributed by atoms with E-state index in [1.54, 1.807) is 17.9 Å². The quantitative estimate of drug-likeness (QED) is 0.863. The molecule has 1 atom stereocenters. The van der Waals surface area contributed by atoms with E-state index < -0.39 is 0 Å². The molecule has 2 fully saturated rings. The van der Waals surface area contributed by atoms with Gasteiger partial charge in [0.05, 0.1) is 23.1 Å². The van der Waals surface area contributed by atoms with E-state index >= 15 is 0 Å². The topological polar surface area (TPSA) is 88.3 Å². The van der Waals surface area contributed by atoms with Crippen molar-refractivity contribution in [1.29, 1.82) is 0 Å². The molecule has 21 heavy (non-hydrogen) atoms. The van der Waals surface area contributed by atoms with E-state index in [9.17, 15) is 9.59 Å². The molecule has 3 rings (SSSR count). The first-order chi connectivity index (χ1) is 10.1. The Hall–Kier alpha value is -2.11. The highest BCUT2D eigenvalue weighted by atomic mass is 16.2. The smallest absolute Gasteiger partial charge is 0.256 e. The van der Waals surface area contributed by atoms with Gasteiger partial charge in [0.25, 0.3) is 5.91 Å². The van der Waals surface area contributed by atoms with Crippen molar-refractivity contribution < 1.29 is 9.59 Å². The maximum absolute atomic E-state index is 12.7. The average molecular weight is 288 g/mol. The number of hydrogen-bond donors (Lipinski definition) is 2. The van der Waals surface area contributed by atoms with Gasteiger partial charge in [0.15, 0.2) is 0 Å². The maximum atomic E-state index is 12.7. The van der Waals surface area contributed by atoms with E-state index in [1.165, 1.54) is 6.20 Å². The lowest BCUT2D eigenvalue weighted by atomic mass is 10.1. The summed E-state index contributed by atoms with van der Waals surface area (Å²) in [6, 6.07) is 1.59. The number of carbonyl (C=O) groups excluding carboxylic acids is 2. The predicted molar refractivity (Wildman–Crippen MR) is 78.6 cm³/mol. The number of pyridine rings is 1. The van der Waals surface area contributed by atoms with Crippen LogP contribution in [0.15, 0.2) is 12.3 Å². The SMILES string of the molecule is Cc1ncc(N)cc1C(=O)N1CCCC1C(=O)NC1CC1. The van der Waals surface area contributed by atoms with Crippen LogP contribution in [-0.2, 0) is 4.79 Å². The number of likely N-dealkylation sites (tertiary alicyclic amines) is 1. The largest absolute Gasteiger partial charge is 0.397 e. The summed E-state index contributed by atoms with van der Waals surface area (Å²) in [5, 5.41) is 2.98. The Bertz CT molecular complexity index is 583. The van der Waals surface area contributed by atoms with Gasteiger partial charge in [-0.3, -0.25) is 14.6 Å². The second kappa shape index (κ2) is 5.35. The molecule has 3 N–H and O–H groups in total. The van der Waals surface area contributed by atoms with Gasteiger partial charge in [-0.2, -0.15) is 0 Å². The van der Waals surface area contributed by atoms with Crippen molar-refractivity contribution in [2.75, 3.05) is 12.3 Å². The third-order valence-electron chi connectivity index (χ3n) is 4.08. The van der Waals surface area contributed by atoms with E-state index in [-0.39, 0.29) is 17.9 Å². The lowest BCUT2D eigenvalue weighted by Gasteiger charge is -2.24. The highest BCUT2D eigenvalue weighted by Crippen LogP contribution is 2.24. The Morgan fingerprint density at radius 1 is 1.38 bits per heavy atom. The summed E-state index contributed by atoms with van der Waals surface area (Å²) in [6.45, 7) is 2.39. The van der Waals surface area contributed by atoms with Crippen LogP contribution in [0, 0.1) is 6.92 Å². The summed E-state index contributed by atoms with van der Waals surface area (Å²) in [7, 11) is 0. The number of nitrogen functional groups attached to an aromatic ring is 1. The molecule has 1 aliphatic heterocycles. The molecule has 6 heteroatoms. The summed E-state index contributed by atoms with van der Waals surface area (Å²) in [6.07, 6.45) is 5.20. The van der Waals surface area contributed by atoms with Crippen LogP contribution in [-0.4, -0.2) is 40.3 Å². The van der Waals surface area contributed by atoms with Gasteiger partial charge >= 0.3 is 0 Å². The number of aryl methyl sites for hydroxylation is 1. The molecular weight excluding hydrogens is 268 g/mol. The van der Waals surface area contributed by atoms with Crippen molar-refractivity contribution >= 4 is 17.5 Å². The standard InChI is InChI=1S/C15H20N4O2/c1-9-12(7-10(16)8-17-9)15(21)19-6-2-3-13(19)14(20)18-11-4-5-11/h7-8,11,13H,2-6,16H2,1H3,(H,18,20). The van der Waals surface area contributed by atoms with Gasteiger partial charge in [-0.15, -0.1) is 0 Å². The predicted octanol–water partition coefficient (Wildman–Crippen LogP) is 0.855. The molecule has 1 unspecified atom stereocenters. The van der Waals surface area contributed by atoms with Crippen molar-refractivity contribution in [3.63, 3.8) is 0 Å². The van der Waals surface area contributed by atoms with E-state index in [0.717, 1.165) is 25.7 Å². The Kier molecular flexibility index (Phi) is 3.53. The number of amides is 2. The maximum Gasteiger partial charge on any atom is 0.256 e. The molecule has 1 aromatic heterocycles. The van der Waals surface area contributed by atoms with Crippen molar-refractivity contribution in [3.05, 3.63) is 23.5 Å². The highest BCUT2D eigenvalue weighted by Gasteiger charge is 2.37. The number of anilines is 1. The van der Waals surface area contributed by atoms with Gasteiger partial charge in [-0.05, 0) is 38.7 Å². The number of nitrogens with two attached hydrogens (primary N) is 1. The molecule has 0 aromatic carbocycles. The fourth-order valence-electron chi connectivity index (χ4n) is 2.73.